The lowest BCUT2D eigenvalue weighted by Gasteiger charge is -2.12. The second-order valence-corrected chi connectivity index (χ2v) is 7.33. The van der Waals surface area contributed by atoms with Crippen molar-refractivity contribution in [3.8, 4) is 17.4 Å². The number of methoxy groups -OCH3 is 1. The molecule has 0 spiro atoms. The van der Waals surface area contributed by atoms with Crippen LogP contribution in [0.15, 0.2) is 55.1 Å². The van der Waals surface area contributed by atoms with Gasteiger partial charge in [-0.15, -0.1) is 10.2 Å². The quantitative estimate of drug-likeness (QED) is 0.425. The van der Waals surface area contributed by atoms with E-state index in [0.29, 0.717) is 36.1 Å². The van der Waals surface area contributed by atoms with Crippen LogP contribution in [-0.4, -0.2) is 42.7 Å². The Balaban J connectivity index is 1.41. The lowest BCUT2D eigenvalue weighted by Crippen LogP contribution is -2.23. The molecule has 0 unspecified atom stereocenters. The molecule has 33 heavy (non-hydrogen) atoms. The van der Waals surface area contributed by atoms with Gasteiger partial charge >= 0.3 is 0 Å². The number of amides is 1. The summed E-state index contributed by atoms with van der Waals surface area (Å²) in [6.45, 7) is 2.72. The largest absolute Gasteiger partial charge is 0.481 e. The fourth-order valence-corrected chi connectivity index (χ4v) is 3.34. The number of ether oxygens (including phenoxy) is 1. The van der Waals surface area contributed by atoms with E-state index in [2.05, 4.69) is 35.8 Å². The minimum Gasteiger partial charge on any atom is -0.481 e. The monoisotopic (exact) mass is 444 g/mol. The molecule has 0 saturated heterocycles. The number of hydrogen-bond acceptors (Lipinski definition) is 8. The van der Waals surface area contributed by atoms with Gasteiger partial charge in [0.1, 0.15) is 12.0 Å². The molecule has 10 heteroatoms. The second kappa shape index (κ2) is 9.86. The van der Waals surface area contributed by atoms with E-state index in [4.69, 9.17) is 4.74 Å². The van der Waals surface area contributed by atoms with Crippen LogP contribution in [0.2, 0.25) is 0 Å². The van der Waals surface area contributed by atoms with Crippen molar-refractivity contribution in [2.75, 3.05) is 12.4 Å². The number of rotatable bonds is 8. The van der Waals surface area contributed by atoms with Crippen LogP contribution < -0.4 is 15.4 Å². The topological polar surface area (TPSA) is 120 Å². The first kappa shape index (κ1) is 21.9. The number of nitrogens with zero attached hydrogens (tertiary/aromatic N) is 6. The fraction of sp³-hybridized carbons (Fsp3) is 0.217. The average molecular weight is 444 g/mol. The Kier molecular flexibility index (Phi) is 6.53. The minimum atomic E-state index is -0.186. The Hall–Kier alpha value is -4.34. The molecule has 0 atom stereocenters. The highest BCUT2D eigenvalue weighted by atomic mass is 16.5. The maximum atomic E-state index is 12.7. The summed E-state index contributed by atoms with van der Waals surface area (Å²) in [5, 5.41) is 14.7. The molecule has 0 aliphatic carbocycles. The molecule has 1 amide bonds. The number of carbonyl (C=O) groups excluding carboxylic acids is 1. The zero-order chi connectivity index (χ0) is 23.2. The third-order valence-corrected chi connectivity index (χ3v) is 5.22. The van der Waals surface area contributed by atoms with Crippen LogP contribution in [-0.2, 0) is 20.1 Å². The number of aromatic nitrogens is 6. The highest BCUT2D eigenvalue weighted by molar-refractivity contribution is 5.95. The highest BCUT2D eigenvalue weighted by Gasteiger charge is 2.13. The Morgan fingerprint density at radius 3 is 2.76 bits per heavy atom. The van der Waals surface area contributed by atoms with Crippen molar-refractivity contribution in [3.63, 3.8) is 0 Å². The van der Waals surface area contributed by atoms with Gasteiger partial charge in [0.2, 0.25) is 5.88 Å². The smallest absolute Gasteiger partial charge is 0.251 e. The molecule has 0 aliphatic rings. The third-order valence-electron chi connectivity index (χ3n) is 5.22. The van der Waals surface area contributed by atoms with E-state index in [9.17, 15) is 4.79 Å². The summed E-state index contributed by atoms with van der Waals surface area (Å²) in [4.78, 5) is 25.1. The van der Waals surface area contributed by atoms with Crippen molar-refractivity contribution < 1.29 is 9.53 Å². The van der Waals surface area contributed by atoms with Gasteiger partial charge in [0, 0.05) is 42.8 Å². The number of aryl methyl sites for hydroxylation is 1. The summed E-state index contributed by atoms with van der Waals surface area (Å²) in [5.74, 6) is 1.71. The molecule has 10 nitrogen and oxygen atoms in total. The van der Waals surface area contributed by atoms with Crippen molar-refractivity contribution in [1.82, 2.24) is 35.0 Å². The van der Waals surface area contributed by atoms with Crippen molar-refractivity contribution in [3.05, 3.63) is 77.6 Å². The van der Waals surface area contributed by atoms with Gasteiger partial charge in [-0.2, -0.15) is 0 Å². The summed E-state index contributed by atoms with van der Waals surface area (Å²) in [5.41, 5.74) is 3.89. The van der Waals surface area contributed by atoms with Gasteiger partial charge in [-0.3, -0.25) is 4.79 Å². The van der Waals surface area contributed by atoms with Crippen molar-refractivity contribution in [1.29, 1.82) is 0 Å². The standard InChI is InChI=1S/C23H24N8O2/c1-15-7-10-25-23(33-3)18(15)12-27-22(32)16-5-4-6-17(11-16)26-13-20-29-30-21(31(20)2)19-8-9-24-14-28-19/h4-11,14,26H,12-13H2,1-3H3,(H,27,32). The second-order valence-electron chi connectivity index (χ2n) is 7.33. The van der Waals surface area contributed by atoms with Crippen LogP contribution in [0.25, 0.3) is 11.5 Å². The predicted molar refractivity (Wildman–Crippen MR) is 122 cm³/mol. The van der Waals surface area contributed by atoms with Crippen molar-refractivity contribution >= 4 is 11.6 Å². The van der Waals surface area contributed by atoms with E-state index >= 15 is 0 Å². The Bertz CT molecular complexity index is 1260. The fourth-order valence-electron chi connectivity index (χ4n) is 3.34. The number of benzene rings is 1. The molecule has 0 radical (unpaired) electrons. The SMILES string of the molecule is COc1nccc(C)c1CNC(=O)c1cccc(NCc2nnc(-c3ccncn3)n2C)c1. The van der Waals surface area contributed by atoms with E-state index in [1.54, 1.807) is 37.7 Å². The number of carbonyl (C=O) groups is 1. The molecule has 3 heterocycles. The number of nitrogens with one attached hydrogen (secondary N) is 2. The van der Waals surface area contributed by atoms with Crippen molar-refractivity contribution in [2.24, 2.45) is 7.05 Å². The van der Waals surface area contributed by atoms with Crippen molar-refractivity contribution in [2.45, 2.75) is 20.0 Å². The summed E-state index contributed by atoms with van der Waals surface area (Å²) in [7, 11) is 3.45. The third kappa shape index (κ3) is 4.95. The van der Waals surface area contributed by atoms with Gasteiger partial charge in [0.15, 0.2) is 11.6 Å². The number of pyridine rings is 1. The number of hydrogen-bond donors (Lipinski definition) is 2. The molecule has 0 aliphatic heterocycles. The Morgan fingerprint density at radius 1 is 1.09 bits per heavy atom. The zero-order valence-corrected chi connectivity index (χ0v) is 18.6. The first-order chi connectivity index (χ1) is 16.1. The maximum absolute atomic E-state index is 12.7. The first-order valence-corrected chi connectivity index (χ1v) is 10.3. The van der Waals surface area contributed by atoms with Gasteiger partial charge in [-0.25, -0.2) is 15.0 Å². The van der Waals surface area contributed by atoms with Gasteiger partial charge in [-0.1, -0.05) is 6.07 Å². The molecular weight excluding hydrogens is 420 g/mol. The van der Waals surface area contributed by atoms with Gasteiger partial charge < -0.3 is 19.9 Å². The van der Waals surface area contributed by atoms with Gasteiger partial charge in [0.25, 0.3) is 5.91 Å². The minimum absolute atomic E-state index is 0.186. The van der Waals surface area contributed by atoms with E-state index in [1.807, 2.05) is 36.7 Å². The van der Waals surface area contributed by atoms with E-state index in [0.717, 1.165) is 22.6 Å². The summed E-state index contributed by atoms with van der Waals surface area (Å²) >= 11 is 0. The van der Waals surface area contributed by atoms with Crippen LogP contribution in [0.3, 0.4) is 0 Å². The number of anilines is 1. The molecule has 3 aromatic heterocycles. The average Bonchev–Trinajstić information content (AvgIpc) is 3.22. The lowest BCUT2D eigenvalue weighted by molar-refractivity contribution is 0.0950. The molecular formula is C23H24N8O2. The molecule has 0 fully saturated rings. The zero-order valence-electron chi connectivity index (χ0n) is 18.6. The summed E-state index contributed by atoms with van der Waals surface area (Å²) in [6, 6.07) is 11.0. The summed E-state index contributed by atoms with van der Waals surface area (Å²) in [6.07, 6.45) is 4.82. The lowest BCUT2D eigenvalue weighted by atomic mass is 10.1. The molecule has 4 rings (SSSR count). The van der Waals surface area contributed by atoms with E-state index < -0.39 is 0 Å². The predicted octanol–water partition coefficient (Wildman–Crippen LogP) is 2.53. The molecule has 0 saturated carbocycles. The van der Waals surface area contributed by atoms with Crippen LogP contribution in [0.1, 0.15) is 27.3 Å². The van der Waals surface area contributed by atoms with Crippen LogP contribution >= 0.6 is 0 Å². The van der Waals surface area contributed by atoms with Crippen LogP contribution in [0, 0.1) is 6.92 Å². The van der Waals surface area contributed by atoms with Crippen LogP contribution in [0.5, 0.6) is 5.88 Å². The van der Waals surface area contributed by atoms with E-state index in [1.165, 1.54) is 6.33 Å². The van der Waals surface area contributed by atoms with Gasteiger partial charge in [0.05, 0.1) is 13.7 Å². The summed E-state index contributed by atoms with van der Waals surface area (Å²) < 4.78 is 7.17. The molecule has 1 aromatic carbocycles. The maximum Gasteiger partial charge on any atom is 0.251 e. The Labute approximate surface area is 191 Å². The van der Waals surface area contributed by atoms with Gasteiger partial charge in [-0.05, 0) is 42.8 Å². The molecule has 4 aromatic rings. The first-order valence-electron chi connectivity index (χ1n) is 10.3. The molecule has 0 bridgehead atoms. The Morgan fingerprint density at radius 2 is 1.97 bits per heavy atom. The van der Waals surface area contributed by atoms with Crippen LogP contribution in [0.4, 0.5) is 5.69 Å². The normalized spacial score (nSPS) is 10.6. The van der Waals surface area contributed by atoms with E-state index in [-0.39, 0.29) is 5.91 Å². The highest BCUT2D eigenvalue weighted by Crippen LogP contribution is 2.19. The molecule has 168 valence electrons. The molecule has 2 N–H and O–H groups in total.